The van der Waals surface area contributed by atoms with Crippen molar-refractivity contribution in [3.63, 3.8) is 0 Å². The minimum atomic E-state index is -5.08. The smallest absolute Gasteiger partial charge is 0.445 e. The van der Waals surface area contributed by atoms with Crippen molar-refractivity contribution in [3.8, 4) is 0 Å². The lowest BCUT2D eigenvalue weighted by atomic mass is 10.1. The average Bonchev–Trinajstić information content (AvgIpc) is 2.59. The Balaban J connectivity index is 2.25. The maximum Gasteiger partial charge on any atom is 0.445 e. The Hall–Kier alpha value is -2.61. The largest absolute Gasteiger partial charge is 0.465 e. The van der Waals surface area contributed by atoms with Crippen LogP contribution in [0.3, 0.4) is 0 Å². The number of nitrogens with zero attached hydrogens (tertiary/aromatic N) is 3. The molecule has 0 bridgehead atoms. The van der Waals surface area contributed by atoms with Crippen molar-refractivity contribution in [2.24, 2.45) is 9.98 Å². The highest BCUT2D eigenvalue weighted by Crippen LogP contribution is 2.40. The molecule has 9 heteroatoms. The van der Waals surface area contributed by atoms with Crippen molar-refractivity contribution in [2.45, 2.75) is 11.8 Å². The van der Waals surface area contributed by atoms with Gasteiger partial charge >= 0.3 is 17.8 Å². The summed E-state index contributed by atoms with van der Waals surface area (Å²) in [4.78, 5) is 20.6. The van der Waals surface area contributed by atoms with Crippen LogP contribution in [0.15, 0.2) is 58.7 Å². The van der Waals surface area contributed by atoms with Gasteiger partial charge in [0.1, 0.15) is 11.7 Å². The van der Waals surface area contributed by atoms with Gasteiger partial charge in [-0.15, -0.1) is 0 Å². The van der Waals surface area contributed by atoms with Gasteiger partial charge in [0.2, 0.25) is 0 Å². The number of benzene rings is 1. The Morgan fingerprint density at radius 1 is 1.20 bits per heavy atom. The lowest BCUT2D eigenvalue weighted by Gasteiger charge is -2.35. The molecule has 1 atom stereocenters. The normalized spacial score (nSPS) is 22.2. The third-order valence-electron chi connectivity index (χ3n) is 3.58. The first kappa shape index (κ1) is 17.2. The van der Waals surface area contributed by atoms with E-state index in [-0.39, 0.29) is 11.7 Å². The number of aliphatic imine (C=N–C) groups is 2. The Kier molecular flexibility index (Phi) is 4.16. The molecule has 2 aliphatic rings. The van der Waals surface area contributed by atoms with E-state index in [9.17, 15) is 18.0 Å². The van der Waals surface area contributed by atoms with E-state index in [0.717, 1.165) is 7.11 Å². The van der Waals surface area contributed by atoms with Crippen LogP contribution in [0, 0.1) is 0 Å². The number of amidine groups is 2. The van der Waals surface area contributed by atoms with Crippen LogP contribution in [0.2, 0.25) is 5.02 Å². The van der Waals surface area contributed by atoms with Crippen molar-refractivity contribution in [2.75, 3.05) is 7.11 Å². The highest BCUT2D eigenvalue weighted by atomic mass is 35.5. The molecule has 25 heavy (non-hydrogen) atoms. The third-order valence-corrected chi connectivity index (χ3v) is 3.83. The summed E-state index contributed by atoms with van der Waals surface area (Å²) in [6, 6.07) is 6.05. The summed E-state index contributed by atoms with van der Waals surface area (Å²) in [5, 5.41) is 0.415. The predicted octanol–water partition coefficient (Wildman–Crippen LogP) is 3.32. The van der Waals surface area contributed by atoms with E-state index < -0.39 is 17.8 Å². The Labute approximate surface area is 145 Å². The van der Waals surface area contributed by atoms with E-state index in [1.165, 1.54) is 47.5 Å². The zero-order valence-electron chi connectivity index (χ0n) is 12.8. The molecule has 0 N–H and O–H groups in total. The van der Waals surface area contributed by atoms with Gasteiger partial charge < -0.3 is 4.74 Å². The van der Waals surface area contributed by atoms with E-state index in [0.29, 0.717) is 10.6 Å². The molecule has 0 aromatic heterocycles. The van der Waals surface area contributed by atoms with Crippen LogP contribution in [-0.4, -0.2) is 41.5 Å². The number of rotatable bonds is 2. The van der Waals surface area contributed by atoms with Crippen LogP contribution in [0.1, 0.15) is 5.56 Å². The number of ether oxygens (including phenoxy) is 1. The molecule has 0 radical (unpaired) electrons. The van der Waals surface area contributed by atoms with Gasteiger partial charge in [0.05, 0.1) is 7.11 Å². The average molecular weight is 370 g/mol. The van der Waals surface area contributed by atoms with Crippen LogP contribution in [0.25, 0.3) is 0 Å². The van der Waals surface area contributed by atoms with Crippen molar-refractivity contribution < 1.29 is 22.7 Å². The van der Waals surface area contributed by atoms with Crippen LogP contribution >= 0.6 is 11.6 Å². The molecule has 0 spiro atoms. The second-order valence-electron chi connectivity index (χ2n) is 5.14. The molecule has 2 heterocycles. The van der Waals surface area contributed by atoms with Crippen molar-refractivity contribution in [3.05, 3.63) is 59.3 Å². The van der Waals surface area contributed by atoms with E-state index in [4.69, 9.17) is 11.6 Å². The molecular weight excluding hydrogens is 359 g/mol. The lowest BCUT2D eigenvalue weighted by molar-refractivity contribution is -0.202. The second-order valence-corrected chi connectivity index (χ2v) is 5.58. The SMILES string of the molecule is COC(=O)C1(C(F)(F)F)N=C2C=CC=CN2C(c2ccc(Cl)cc2)=N1. The number of fused-ring (bicyclic) bond motifs is 1. The highest BCUT2D eigenvalue weighted by molar-refractivity contribution is 6.30. The van der Waals surface area contributed by atoms with Gasteiger partial charge in [-0.25, -0.2) is 14.8 Å². The maximum atomic E-state index is 13.7. The number of hydrogen-bond acceptors (Lipinski definition) is 5. The molecule has 2 aliphatic heterocycles. The number of carbonyl (C=O) groups is 1. The Morgan fingerprint density at radius 3 is 2.48 bits per heavy atom. The zero-order valence-corrected chi connectivity index (χ0v) is 13.5. The molecule has 1 unspecified atom stereocenters. The van der Waals surface area contributed by atoms with Crippen LogP contribution in [0.4, 0.5) is 13.2 Å². The first-order valence-corrected chi connectivity index (χ1v) is 7.41. The summed E-state index contributed by atoms with van der Waals surface area (Å²) in [6.45, 7) is 0. The number of carbonyl (C=O) groups excluding carboxylic acids is 1. The van der Waals surface area contributed by atoms with Crippen molar-refractivity contribution in [1.29, 1.82) is 0 Å². The lowest BCUT2D eigenvalue weighted by Crippen LogP contribution is -2.55. The van der Waals surface area contributed by atoms with Gasteiger partial charge in [-0.1, -0.05) is 17.7 Å². The molecule has 0 amide bonds. The highest BCUT2D eigenvalue weighted by Gasteiger charge is 2.64. The summed E-state index contributed by atoms with van der Waals surface area (Å²) in [7, 11) is 0.858. The van der Waals surface area contributed by atoms with E-state index >= 15 is 0 Å². The monoisotopic (exact) mass is 369 g/mol. The van der Waals surface area contributed by atoms with Gasteiger partial charge in [0.25, 0.3) is 0 Å². The summed E-state index contributed by atoms with van der Waals surface area (Å²) in [5.41, 5.74) is -3.02. The zero-order chi connectivity index (χ0) is 18.2. The minimum absolute atomic E-state index is 0.0785. The van der Waals surface area contributed by atoms with Crippen LogP contribution in [-0.2, 0) is 9.53 Å². The van der Waals surface area contributed by atoms with Crippen LogP contribution < -0.4 is 0 Å². The molecule has 1 aromatic rings. The molecular formula is C16H11ClF3N3O2. The number of halogens is 4. The topological polar surface area (TPSA) is 54.3 Å². The fraction of sp³-hybridized carbons (Fsp3) is 0.188. The quantitative estimate of drug-likeness (QED) is 0.751. The molecule has 0 saturated carbocycles. The Morgan fingerprint density at radius 2 is 1.88 bits per heavy atom. The van der Waals surface area contributed by atoms with Gasteiger partial charge in [-0.3, -0.25) is 4.90 Å². The Bertz CT molecular complexity index is 828. The van der Waals surface area contributed by atoms with E-state index in [1.54, 1.807) is 6.08 Å². The number of hydrogen-bond donors (Lipinski definition) is 0. The van der Waals surface area contributed by atoms with Gasteiger partial charge in [0, 0.05) is 16.8 Å². The maximum absolute atomic E-state index is 13.7. The summed E-state index contributed by atoms with van der Waals surface area (Å²) >= 11 is 5.83. The number of allylic oxidation sites excluding steroid dienone is 2. The van der Waals surface area contributed by atoms with Crippen LogP contribution in [0.5, 0.6) is 0 Å². The first-order valence-electron chi connectivity index (χ1n) is 7.03. The fourth-order valence-electron chi connectivity index (χ4n) is 2.38. The first-order chi connectivity index (χ1) is 11.8. The van der Waals surface area contributed by atoms with Gasteiger partial charge in [0.15, 0.2) is 0 Å². The third kappa shape index (κ3) is 2.82. The predicted molar refractivity (Wildman–Crippen MR) is 86.3 cm³/mol. The standard InChI is InChI=1S/C16H11ClF3N3O2/c1-25-14(24)15(16(18,19)20)21-12-4-2-3-9-23(12)13(22-15)10-5-7-11(17)8-6-10/h2-9H,1H3. The molecule has 0 aliphatic carbocycles. The molecule has 0 saturated heterocycles. The molecule has 5 nitrogen and oxygen atoms in total. The second kappa shape index (κ2) is 6.03. The number of esters is 1. The minimum Gasteiger partial charge on any atom is -0.465 e. The van der Waals surface area contributed by atoms with Gasteiger partial charge in [-0.05, 0) is 36.4 Å². The summed E-state index contributed by atoms with van der Waals surface area (Å²) in [5.74, 6) is -1.78. The van der Waals surface area contributed by atoms with E-state index in [2.05, 4.69) is 14.7 Å². The fourth-order valence-corrected chi connectivity index (χ4v) is 2.51. The molecule has 3 rings (SSSR count). The molecule has 0 fully saturated rings. The van der Waals surface area contributed by atoms with Crippen molar-refractivity contribution >= 4 is 29.2 Å². The molecule has 130 valence electrons. The van der Waals surface area contributed by atoms with E-state index in [1.807, 2.05) is 0 Å². The van der Waals surface area contributed by atoms with Gasteiger partial charge in [-0.2, -0.15) is 13.2 Å². The molecule has 1 aromatic carbocycles. The summed E-state index contributed by atoms with van der Waals surface area (Å²) in [6.07, 6.45) is 0.908. The number of methoxy groups -OCH3 is 1. The number of alkyl halides is 3. The van der Waals surface area contributed by atoms with Crippen molar-refractivity contribution in [1.82, 2.24) is 4.90 Å². The summed E-state index contributed by atoms with van der Waals surface area (Å²) < 4.78 is 45.6.